The lowest BCUT2D eigenvalue weighted by atomic mass is 10.2. The number of aromatic nitrogens is 1. The van der Waals surface area contributed by atoms with Crippen molar-refractivity contribution in [3.05, 3.63) is 64.5 Å². The van der Waals surface area contributed by atoms with E-state index < -0.39 is 0 Å². The van der Waals surface area contributed by atoms with Crippen LogP contribution in [-0.2, 0) is 6.54 Å². The molecule has 0 amide bonds. The van der Waals surface area contributed by atoms with Crippen molar-refractivity contribution in [2.75, 3.05) is 0 Å². The van der Waals surface area contributed by atoms with Crippen LogP contribution in [0.5, 0.6) is 0 Å². The average Bonchev–Trinajstić information content (AvgIpc) is 2.88. The number of hydrogen-bond acceptors (Lipinski definition) is 3. The summed E-state index contributed by atoms with van der Waals surface area (Å²) >= 11 is 5.85. The summed E-state index contributed by atoms with van der Waals surface area (Å²) in [6, 6.07) is 13.4. The van der Waals surface area contributed by atoms with Gasteiger partial charge in [-0.25, -0.2) is 4.98 Å². The maximum atomic E-state index is 5.85. The van der Waals surface area contributed by atoms with Crippen LogP contribution < -0.4 is 5.73 Å². The molecule has 0 aliphatic rings. The molecule has 0 aliphatic heterocycles. The van der Waals surface area contributed by atoms with Gasteiger partial charge in [0.2, 0.25) is 5.89 Å². The molecule has 0 bridgehead atoms. The van der Waals surface area contributed by atoms with Gasteiger partial charge in [0.15, 0.2) is 5.58 Å². The van der Waals surface area contributed by atoms with Gasteiger partial charge in [-0.2, -0.15) is 0 Å². The van der Waals surface area contributed by atoms with Crippen molar-refractivity contribution in [3.63, 3.8) is 0 Å². The molecule has 2 N–H and O–H groups in total. The van der Waals surface area contributed by atoms with E-state index in [0.29, 0.717) is 12.4 Å². The Morgan fingerprint density at radius 2 is 1.90 bits per heavy atom. The van der Waals surface area contributed by atoms with Crippen LogP contribution in [-0.4, -0.2) is 4.98 Å². The maximum absolute atomic E-state index is 5.85. The molecule has 0 aliphatic carbocycles. The highest BCUT2D eigenvalue weighted by Crippen LogP contribution is 2.19. The molecule has 0 saturated heterocycles. The fraction of sp³-hybridized carbons (Fsp3) is 0.0625. The van der Waals surface area contributed by atoms with Crippen molar-refractivity contribution < 1.29 is 4.42 Å². The summed E-state index contributed by atoms with van der Waals surface area (Å²) < 4.78 is 5.68. The first-order valence-corrected chi connectivity index (χ1v) is 6.65. The number of rotatable bonds is 3. The van der Waals surface area contributed by atoms with Crippen LogP contribution in [0.25, 0.3) is 23.3 Å². The number of nitrogens with zero attached hydrogens (tertiary/aromatic N) is 1. The summed E-state index contributed by atoms with van der Waals surface area (Å²) in [7, 11) is 0. The molecule has 1 heterocycles. The quantitative estimate of drug-likeness (QED) is 0.787. The Bertz CT molecular complexity index is 760. The molecule has 0 radical (unpaired) electrons. The molecule has 2 aromatic carbocycles. The van der Waals surface area contributed by atoms with Crippen LogP contribution in [0, 0.1) is 0 Å². The van der Waals surface area contributed by atoms with Gasteiger partial charge in [0.25, 0.3) is 0 Å². The van der Waals surface area contributed by atoms with Gasteiger partial charge in [0, 0.05) is 17.6 Å². The molecule has 0 atom stereocenters. The highest BCUT2D eigenvalue weighted by molar-refractivity contribution is 6.30. The lowest BCUT2D eigenvalue weighted by Gasteiger charge is -1.93. The van der Waals surface area contributed by atoms with Gasteiger partial charge in [0.05, 0.1) is 0 Å². The number of fused-ring (bicyclic) bond motifs is 1. The fourth-order valence-electron chi connectivity index (χ4n) is 1.93. The molecule has 0 unspecified atom stereocenters. The number of hydrogen-bond donors (Lipinski definition) is 1. The van der Waals surface area contributed by atoms with Gasteiger partial charge in [-0.05, 0) is 41.5 Å². The topological polar surface area (TPSA) is 52.0 Å². The molecule has 4 heteroatoms. The number of halogens is 1. The molecule has 0 spiro atoms. The van der Waals surface area contributed by atoms with Crippen LogP contribution in [0.15, 0.2) is 46.9 Å². The Hall–Kier alpha value is -2.10. The zero-order chi connectivity index (χ0) is 13.9. The van der Waals surface area contributed by atoms with Crippen molar-refractivity contribution in [1.82, 2.24) is 4.98 Å². The maximum Gasteiger partial charge on any atom is 0.220 e. The second-order valence-corrected chi connectivity index (χ2v) is 4.88. The van der Waals surface area contributed by atoms with Gasteiger partial charge in [-0.1, -0.05) is 29.8 Å². The summed E-state index contributed by atoms with van der Waals surface area (Å²) in [5.41, 5.74) is 9.26. The summed E-state index contributed by atoms with van der Waals surface area (Å²) in [6.07, 6.45) is 3.77. The lowest BCUT2D eigenvalue weighted by Crippen LogP contribution is -1.94. The van der Waals surface area contributed by atoms with E-state index in [4.69, 9.17) is 21.8 Å². The van der Waals surface area contributed by atoms with Crippen LogP contribution in [0.3, 0.4) is 0 Å². The fourth-order valence-corrected chi connectivity index (χ4v) is 2.05. The summed E-state index contributed by atoms with van der Waals surface area (Å²) in [5, 5.41) is 0.721. The Kier molecular flexibility index (Phi) is 3.54. The minimum atomic E-state index is 0.493. The van der Waals surface area contributed by atoms with Gasteiger partial charge in [-0.3, -0.25) is 0 Å². The Morgan fingerprint density at radius 1 is 1.10 bits per heavy atom. The van der Waals surface area contributed by atoms with Crippen molar-refractivity contribution >= 4 is 34.9 Å². The van der Waals surface area contributed by atoms with E-state index in [1.165, 1.54) is 0 Å². The van der Waals surface area contributed by atoms with E-state index in [1.54, 1.807) is 0 Å². The molecule has 3 nitrogen and oxygen atoms in total. The average molecular weight is 285 g/mol. The van der Waals surface area contributed by atoms with E-state index in [2.05, 4.69) is 4.98 Å². The van der Waals surface area contributed by atoms with E-state index in [9.17, 15) is 0 Å². The molecule has 3 aromatic rings. The highest BCUT2D eigenvalue weighted by Gasteiger charge is 2.03. The second kappa shape index (κ2) is 5.49. The SMILES string of the molecule is NCc1ccc2nc(/C=C/c3ccc(Cl)cc3)oc2c1. The summed E-state index contributed by atoms with van der Waals surface area (Å²) in [4.78, 5) is 4.40. The Balaban J connectivity index is 1.88. The smallest absolute Gasteiger partial charge is 0.220 e. The minimum Gasteiger partial charge on any atom is -0.437 e. The summed E-state index contributed by atoms with van der Waals surface area (Å²) in [5.74, 6) is 0.573. The molecule has 20 heavy (non-hydrogen) atoms. The molecule has 100 valence electrons. The predicted molar refractivity (Wildman–Crippen MR) is 82.3 cm³/mol. The van der Waals surface area contributed by atoms with E-state index in [-0.39, 0.29) is 0 Å². The second-order valence-electron chi connectivity index (χ2n) is 4.44. The molecule has 0 fully saturated rings. The van der Waals surface area contributed by atoms with Crippen molar-refractivity contribution in [2.24, 2.45) is 5.73 Å². The largest absolute Gasteiger partial charge is 0.437 e. The molecule has 0 saturated carbocycles. The zero-order valence-electron chi connectivity index (χ0n) is 10.7. The Labute approximate surface area is 121 Å². The first kappa shape index (κ1) is 12.9. The third-order valence-electron chi connectivity index (χ3n) is 2.99. The van der Waals surface area contributed by atoms with Gasteiger partial charge in [-0.15, -0.1) is 0 Å². The third-order valence-corrected chi connectivity index (χ3v) is 3.25. The number of benzene rings is 2. The molecule has 1 aromatic heterocycles. The highest BCUT2D eigenvalue weighted by atomic mass is 35.5. The Morgan fingerprint density at radius 3 is 2.65 bits per heavy atom. The number of oxazole rings is 1. The standard InChI is InChI=1S/C16H13ClN2O/c17-13-5-1-11(2-6-13)4-8-16-19-14-7-3-12(10-18)9-15(14)20-16/h1-9H,10,18H2/b8-4+. The summed E-state index contributed by atoms with van der Waals surface area (Å²) in [6.45, 7) is 0.493. The minimum absolute atomic E-state index is 0.493. The first-order chi connectivity index (χ1) is 9.74. The lowest BCUT2D eigenvalue weighted by molar-refractivity contribution is 0.589. The van der Waals surface area contributed by atoms with Crippen molar-refractivity contribution in [3.8, 4) is 0 Å². The number of nitrogens with two attached hydrogens (primary N) is 1. The van der Waals surface area contributed by atoms with Crippen LogP contribution >= 0.6 is 11.6 Å². The van der Waals surface area contributed by atoms with Gasteiger partial charge < -0.3 is 10.2 Å². The normalized spacial score (nSPS) is 11.5. The van der Waals surface area contributed by atoms with E-state index in [0.717, 1.165) is 27.2 Å². The van der Waals surface area contributed by atoms with E-state index in [1.807, 2.05) is 54.6 Å². The monoisotopic (exact) mass is 284 g/mol. The van der Waals surface area contributed by atoms with Crippen LogP contribution in [0.4, 0.5) is 0 Å². The zero-order valence-corrected chi connectivity index (χ0v) is 11.5. The van der Waals surface area contributed by atoms with Crippen molar-refractivity contribution in [2.45, 2.75) is 6.54 Å². The van der Waals surface area contributed by atoms with Gasteiger partial charge in [0.1, 0.15) is 5.52 Å². The van der Waals surface area contributed by atoms with Gasteiger partial charge >= 0.3 is 0 Å². The van der Waals surface area contributed by atoms with Crippen LogP contribution in [0.1, 0.15) is 17.0 Å². The van der Waals surface area contributed by atoms with Crippen LogP contribution in [0.2, 0.25) is 5.02 Å². The molecular weight excluding hydrogens is 272 g/mol. The molecule has 3 rings (SSSR count). The molecular formula is C16H13ClN2O. The predicted octanol–water partition coefficient (Wildman–Crippen LogP) is 4.11. The van der Waals surface area contributed by atoms with Crippen molar-refractivity contribution in [1.29, 1.82) is 0 Å². The van der Waals surface area contributed by atoms with E-state index >= 15 is 0 Å². The third kappa shape index (κ3) is 2.74. The first-order valence-electron chi connectivity index (χ1n) is 6.28.